The molecule has 2 aliphatic heterocycles. The van der Waals surface area contributed by atoms with Crippen molar-refractivity contribution in [2.75, 3.05) is 49.2 Å². The molecule has 150 valence electrons. The zero-order valence-electron chi connectivity index (χ0n) is 16.3. The van der Waals surface area contributed by atoms with E-state index in [4.69, 9.17) is 14.5 Å². The predicted molar refractivity (Wildman–Crippen MR) is 115 cm³/mol. The second kappa shape index (κ2) is 8.81. The molecule has 1 atom stereocenters. The number of nitrogens with one attached hydrogen (secondary N) is 1. The highest BCUT2D eigenvalue weighted by molar-refractivity contribution is 14.1. The minimum absolute atomic E-state index is 0.0695. The summed E-state index contributed by atoms with van der Waals surface area (Å²) in [6.07, 6.45) is 1.62. The number of carbonyl (C=O) groups is 1. The highest BCUT2D eigenvalue weighted by atomic mass is 127. The fourth-order valence-corrected chi connectivity index (χ4v) is 3.92. The summed E-state index contributed by atoms with van der Waals surface area (Å²) in [5, 5.41) is 3.01. The first-order valence-corrected chi connectivity index (χ1v) is 10.6. The summed E-state index contributed by atoms with van der Waals surface area (Å²) in [6, 6.07) is 4.30. The first kappa shape index (κ1) is 20.4. The Morgan fingerprint density at radius 3 is 2.56 bits per heavy atom. The SMILES string of the molecule is CC(C)(C)OC(=O)N[C@@H]1CCCN(c2cc(I)cc(N3CCOCC3)n2)C1. The van der Waals surface area contributed by atoms with Gasteiger partial charge in [0, 0.05) is 35.8 Å². The molecule has 8 heteroatoms. The lowest BCUT2D eigenvalue weighted by atomic mass is 10.1. The number of hydrogen-bond acceptors (Lipinski definition) is 6. The number of anilines is 2. The molecule has 2 aliphatic rings. The molecule has 0 aliphatic carbocycles. The summed E-state index contributed by atoms with van der Waals surface area (Å²) in [4.78, 5) is 21.5. The van der Waals surface area contributed by atoms with Crippen LogP contribution in [-0.4, -0.2) is 62.1 Å². The van der Waals surface area contributed by atoms with Gasteiger partial charge in [-0.2, -0.15) is 0 Å². The van der Waals surface area contributed by atoms with Gasteiger partial charge in [0.05, 0.1) is 13.2 Å². The molecule has 1 N–H and O–H groups in total. The molecule has 7 nitrogen and oxygen atoms in total. The molecule has 0 radical (unpaired) electrons. The van der Waals surface area contributed by atoms with Gasteiger partial charge in [0.1, 0.15) is 17.2 Å². The van der Waals surface area contributed by atoms with E-state index >= 15 is 0 Å². The lowest BCUT2D eigenvalue weighted by Crippen LogP contribution is -2.49. The average molecular weight is 488 g/mol. The predicted octanol–water partition coefficient (Wildman–Crippen LogP) is 3.02. The number of morpholine rings is 1. The van der Waals surface area contributed by atoms with Gasteiger partial charge in [-0.05, 0) is 68.3 Å². The van der Waals surface area contributed by atoms with Crippen molar-refractivity contribution in [2.45, 2.75) is 45.3 Å². The number of hydrogen-bond donors (Lipinski definition) is 1. The number of alkyl carbamates (subject to hydrolysis) is 1. The fourth-order valence-electron chi connectivity index (χ4n) is 3.36. The van der Waals surface area contributed by atoms with Crippen molar-refractivity contribution in [2.24, 2.45) is 0 Å². The van der Waals surface area contributed by atoms with Crippen LogP contribution in [-0.2, 0) is 9.47 Å². The van der Waals surface area contributed by atoms with E-state index in [0.29, 0.717) is 0 Å². The molecule has 1 aromatic rings. The number of piperidine rings is 1. The molecule has 3 heterocycles. The van der Waals surface area contributed by atoms with E-state index in [1.54, 1.807) is 0 Å². The number of amides is 1. The van der Waals surface area contributed by atoms with Crippen LogP contribution in [0.1, 0.15) is 33.6 Å². The first-order chi connectivity index (χ1) is 12.8. The second-order valence-electron chi connectivity index (χ2n) is 8.03. The standard InChI is InChI=1S/C19H29IN4O3/c1-19(2,3)27-18(25)21-15-5-4-6-24(13-15)17-12-14(20)11-16(22-17)23-7-9-26-10-8-23/h11-12,15H,4-10,13H2,1-3H3,(H,21,25)/t15-/m1/s1. The molecule has 0 aromatic carbocycles. The molecule has 0 saturated carbocycles. The van der Waals surface area contributed by atoms with Gasteiger partial charge in [0.2, 0.25) is 0 Å². The Morgan fingerprint density at radius 1 is 1.22 bits per heavy atom. The second-order valence-corrected chi connectivity index (χ2v) is 9.28. The van der Waals surface area contributed by atoms with Crippen LogP contribution < -0.4 is 15.1 Å². The lowest BCUT2D eigenvalue weighted by Gasteiger charge is -2.35. The first-order valence-electron chi connectivity index (χ1n) is 9.55. The van der Waals surface area contributed by atoms with Gasteiger partial charge in [0.15, 0.2) is 0 Å². The van der Waals surface area contributed by atoms with Gasteiger partial charge in [0.25, 0.3) is 0 Å². The van der Waals surface area contributed by atoms with Gasteiger partial charge in [-0.25, -0.2) is 9.78 Å². The van der Waals surface area contributed by atoms with E-state index in [1.807, 2.05) is 20.8 Å². The number of carbonyl (C=O) groups excluding carboxylic acids is 1. The third-order valence-corrected chi connectivity index (χ3v) is 5.19. The van der Waals surface area contributed by atoms with Crippen molar-refractivity contribution in [1.82, 2.24) is 10.3 Å². The Morgan fingerprint density at radius 2 is 1.89 bits per heavy atom. The lowest BCUT2D eigenvalue weighted by molar-refractivity contribution is 0.0500. The van der Waals surface area contributed by atoms with Crippen LogP contribution >= 0.6 is 22.6 Å². The monoisotopic (exact) mass is 488 g/mol. The minimum Gasteiger partial charge on any atom is -0.444 e. The molecule has 0 bridgehead atoms. The zero-order chi connectivity index (χ0) is 19.4. The Balaban J connectivity index is 1.66. The van der Waals surface area contributed by atoms with Crippen molar-refractivity contribution < 1.29 is 14.3 Å². The molecular formula is C19H29IN4O3. The maximum absolute atomic E-state index is 12.1. The third kappa shape index (κ3) is 6.10. The van der Waals surface area contributed by atoms with Crippen molar-refractivity contribution in [3.8, 4) is 0 Å². The van der Waals surface area contributed by atoms with E-state index < -0.39 is 5.60 Å². The molecule has 1 amide bonds. The Bertz CT molecular complexity index is 659. The third-order valence-electron chi connectivity index (χ3n) is 4.56. The normalized spacial score (nSPS) is 21.1. The molecule has 27 heavy (non-hydrogen) atoms. The van der Waals surface area contributed by atoms with Gasteiger partial charge in [-0.15, -0.1) is 0 Å². The van der Waals surface area contributed by atoms with Crippen LogP contribution in [0.25, 0.3) is 0 Å². The Kier molecular flexibility index (Phi) is 6.67. The number of aromatic nitrogens is 1. The summed E-state index contributed by atoms with van der Waals surface area (Å²) < 4.78 is 12.0. The molecule has 2 saturated heterocycles. The Labute approximate surface area is 174 Å². The van der Waals surface area contributed by atoms with Crippen molar-refractivity contribution in [3.05, 3.63) is 15.7 Å². The Hall–Kier alpha value is -1.29. The van der Waals surface area contributed by atoms with Crippen LogP contribution in [0.15, 0.2) is 12.1 Å². The highest BCUT2D eigenvalue weighted by Crippen LogP contribution is 2.25. The summed E-state index contributed by atoms with van der Waals surface area (Å²) in [7, 11) is 0. The number of halogens is 1. The molecule has 0 unspecified atom stereocenters. The van der Waals surface area contributed by atoms with Crippen LogP contribution in [0.2, 0.25) is 0 Å². The van der Waals surface area contributed by atoms with Crippen LogP contribution in [0, 0.1) is 3.57 Å². The van der Waals surface area contributed by atoms with Crippen molar-refractivity contribution >= 4 is 40.3 Å². The smallest absolute Gasteiger partial charge is 0.407 e. The summed E-state index contributed by atoms with van der Waals surface area (Å²) in [5.41, 5.74) is -0.484. The number of pyridine rings is 1. The summed E-state index contributed by atoms with van der Waals surface area (Å²) >= 11 is 2.35. The van der Waals surface area contributed by atoms with Crippen molar-refractivity contribution in [1.29, 1.82) is 0 Å². The zero-order valence-corrected chi connectivity index (χ0v) is 18.5. The maximum atomic E-state index is 12.1. The summed E-state index contributed by atoms with van der Waals surface area (Å²) in [5.74, 6) is 1.97. The maximum Gasteiger partial charge on any atom is 0.407 e. The molecule has 2 fully saturated rings. The van der Waals surface area contributed by atoms with Gasteiger partial charge >= 0.3 is 6.09 Å². The number of nitrogens with zero attached hydrogens (tertiary/aromatic N) is 3. The van der Waals surface area contributed by atoms with E-state index in [0.717, 1.165) is 63.9 Å². The average Bonchev–Trinajstić information content (AvgIpc) is 2.60. The number of rotatable bonds is 3. The largest absolute Gasteiger partial charge is 0.444 e. The van der Waals surface area contributed by atoms with Crippen LogP contribution in [0.5, 0.6) is 0 Å². The van der Waals surface area contributed by atoms with Crippen LogP contribution in [0.4, 0.5) is 16.4 Å². The molecular weight excluding hydrogens is 459 g/mol. The number of ether oxygens (including phenoxy) is 2. The highest BCUT2D eigenvalue weighted by Gasteiger charge is 2.25. The minimum atomic E-state index is -0.484. The van der Waals surface area contributed by atoms with Gasteiger partial charge in [-0.3, -0.25) is 0 Å². The van der Waals surface area contributed by atoms with Gasteiger partial charge < -0.3 is 24.6 Å². The molecule has 3 rings (SSSR count). The van der Waals surface area contributed by atoms with Gasteiger partial charge in [-0.1, -0.05) is 0 Å². The summed E-state index contributed by atoms with van der Waals surface area (Å²) in [6.45, 7) is 10.6. The van der Waals surface area contributed by atoms with E-state index in [9.17, 15) is 4.79 Å². The van der Waals surface area contributed by atoms with Crippen molar-refractivity contribution in [3.63, 3.8) is 0 Å². The van der Waals surface area contributed by atoms with E-state index in [2.05, 4.69) is 49.8 Å². The quantitative estimate of drug-likeness (QED) is 0.661. The fraction of sp³-hybridized carbons (Fsp3) is 0.684. The van der Waals surface area contributed by atoms with Crippen LogP contribution in [0.3, 0.4) is 0 Å². The van der Waals surface area contributed by atoms with E-state index in [1.165, 1.54) is 3.57 Å². The molecule has 1 aromatic heterocycles. The molecule has 0 spiro atoms. The topological polar surface area (TPSA) is 66.9 Å². The van der Waals surface area contributed by atoms with E-state index in [-0.39, 0.29) is 12.1 Å².